The minimum atomic E-state index is -0.262. The summed E-state index contributed by atoms with van der Waals surface area (Å²) in [5, 5.41) is 10.8. The number of hydrogen-bond acceptors (Lipinski definition) is 4. The number of rotatable bonds is 5. The third-order valence-corrected chi connectivity index (χ3v) is 7.79. The lowest BCUT2D eigenvalue weighted by atomic mass is 9.72. The SMILES string of the molecule is CCc1ccc(NC(=O)c2c(NC(=O)c3ccnn3C)sc3c2CC[C@H](C(C)(C)C)C3)cc1. The minimum Gasteiger partial charge on any atom is -0.322 e. The summed E-state index contributed by atoms with van der Waals surface area (Å²) in [6.45, 7) is 8.92. The molecule has 1 aliphatic rings. The van der Waals surface area contributed by atoms with Gasteiger partial charge in [0.05, 0.1) is 5.56 Å². The zero-order valence-corrected chi connectivity index (χ0v) is 20.8. The molecule has 0 radical (unpaired) electrons. The molecule has 0 saturated carbocycles. The predicted molar refractivity (Wildman–Crippen MR) is 134 cm³/mol. The summed E-state index contributed by atoms with van der Waals surface area (Å²) in [6.07, 6.45) is 5.35. The molecule has 2 heterocycles. The summed E-state index contributed by atoms with van der Waals surface area (Å²) in [4.78, 5) is 27.6. The van der Waals surface area contributed by atoms with E-state index < -0.39 is 0 Å². The topological polar surface area (TPSA) is 76.0 Å². The van der Waals surface area contributed by atoms with Crippen molar-refractivity contribution >= 4 is 33.8 Å². The van der Waals surface area contributed by atoms with E-state index >= 15 is 0 Å². The van der Waals surface area contributed by atoms with Crippen LogP contribution in [0.2, 0.25) is 0 Å². The van der Waals surface area contributed by atoms with E-state index in [4.69, 9.17) is 0 Å². The Labute approximate surface area is 199 Å². The molecule has 0 fully saturated rings. The van der Waals surface area contributed by atoms with Crippen LogP contribution in [0.4, 0.5) is 10.7 Å². The van der Waals surface area contributed by atoms with Crippen LogP contribution >= 0.6 is 11.3 Å². The summed E-state index contributed by atoms with van der Waals surface area (Å²) in [7, 11) is 1.73. The molecule has 1 aliphatic carbocycles. The lowest BCUT2D eigenvalue weighted by Crippen LogP contribution is -2.27. The van der Waals surface area contributed by atoms with Gasteiger partial charge >= 0.3 is 0 Å². The van der Waals surface area contributed by atoms with Gasteiger partial charge in [0.25, 0.3) is 11.8 Å². The Morgan fingerprint density at radius 3 is 2.45 bits per heavy atom. The van der Waals surface area contributed by atoms with Crippen molar-refractivity contribution in [3.8, 4) is 0 Å². The number of amides is 2. The number of nitrogens with one attached hydrogen (secondary N) is 2. The van der Waals surface area contributed by atoms with Gasteiger partial charge in [-0.2, -0.15) is 5.10 Å². The highest BCUT2D eigenvalue weighted by Gasteiger charge is 2.34. The van der Waals surface area contributed by atoms with Crippen molar-refractivity contribution in [1.82, 2.24) is 9.78 Å². The standard InChI is InChI=1S/C26H32N4O2S/c1-6-16-7-10-18(11-8-16)28-24(32)22-19-12-9-17(26(2,3)4)15-21(19)33-25(22)29-23(31)20-13-14-27-30(20)5/h7-8,10-11,13-14,17H,6,9,12,15H2,1-5H3,(H,28,32)(H,29,31)/t17-/m0/s1. The third kappa shape index (κ3) is 4.88. The number of carbonyl (C=O) groups excluding carboxylic acids is 2. The van der Waals surface area contributed by atoms with Crippen LogP contribution in [0.5, 0.6) is 0 Å². The highest BCUT2D eigenvalue weighted by molar-refractivity contribution is 7.17. The number of aryl methyl sites for hydroxylation is 2. The quantitative estimate of drug-likeness (QED) is 0.509. The average molecular weight is 465 g/mol. The van der Waals surface area contributed by atoms with Gasteiger partial charge in [-0.1, -0.05) is 39.8 Å². The van der Waals surface area contributed by atoms with Crippen LogP contribution in [0.3, 0.4) is 0 Å². The van der Waals surface area contributed by atoms with Gasteiger partial charge in [0.2, 0.25) is 0 Å². The van der Waals surface area contributed by atoms with Crippen LogP contribution in [0.25, 0.3) is 0 Å². The fourth-order valence-corrected chi connectivity index (χ4v) is 5.75. The number of nitrogens with zero attached hydrogens (tertiary/aromatic N) is 2. The van der Waals surface area contributed by atoms with E-state index in [9.17, 15) is 9.59 Å². The van der Waals surface area contributed by atoms with Crippen molar-refractivity contribution in [3.05, 3.63) is 63.8 Å². The molecule has 4 rings (SSSR count). The summed E-state index contributed by atoms with van der Waals surface area (Å²) in [5.74, 6) is 0.107. The zero-order chi connectivity index (χ0) is 23.8. The Hall–Kier alpha value is -2.93. The van der Waals surface area contributed by atoms with Crippen molar-refractivity contribution in [2.24, 2.45) is 18.4 Å². The van der Waals surface area contributed by atoms with Gasteiger partial charge in [-0.25, -0.2) is 0 Å². The van der Waals surface area contributed by atoms with Gasteiger partial charge in [0, 0.05) is 23.8 Å². The highest BCUT2D eigenvalue weighted by Crippen LogP contribution is 2.44. The molecule has 1 aromatic carbocycles. The van der Waals surface area contributed by atoms with Gasteiger partial charge in [0.15, 0.2) is 0 Å². The van der Waals surface area contributed by atoms with E-state index in [2.05, 4.69) is 43.4 Å². The molecule has 33 heavy (non-hydrogen) atoms. The molecule has 2 amide bonds. The lowest BCUT2D eigenvalue weighted by Gasteiger charge is -2.33. The van der Waals surface area contributed by atoms with E-state index in [1.54, 1.807) is 19.3 Å². The smallest absolute Gasteiger partial charge is 0.274 e. The molecule has 6 nitrogen and oxygen atoms in total. The first kappa shape index (κ1) is 23.2. The normalized spacial score (nSPS) is 15.7. The van der Waals surface area contributed by atoms with Crippen LogP contribution in [-0.2, 0) is 26.3 Å². The molecule has 2 aromatic heterocycles. The fourth-order valence-electron chi connectivity index (χ4n) is 4.43. The first-order valence-corrected chi connectivity index (χ1v) is 12.3. The van der Waals surface area contributed by atoms with Gasteiger partial charge < -0.3 is 10.6 Å². The molecule has 7 heteroatoms. The number of fused-ring (bicyclic) bond motifs is 1. The van der Waals surface area contributed by atoms with Crippen molar-refractivity contribution in [2.45, 2.75) is 53.4 Å². The molecule has 2 N–H and O–H groups in total. The Bertz CT molecular complexity index is 1170. The largest absolute Gasteiger partial charge is 0.322 e. The second-order valence-electron chi connectivity index (χ2n) is 9.81. The molecule has 0 unspecified atom stereocenters. The molecule has 0 aliphatic heterocycles. The van der Waals surface area contributed by atoms with Crippen molar-refractivity contribution in [2.75, 3.05) is 10.6 Å². The predicted octanol–water partition coefficient (Wildman–Crippen LogP) is 5.70. The number of hydrogen-bond donors (Lipinski definition) is 2. The number of thiophene rings is 1. The average Bonchev–Trinajstić information content (AvgIpc) is 3.36. The first-order chi connectivity index (χ1) is 15.7. The maximum absolute atomic E-state index is 13.5. The zero-order valence-electron chi connectivity index (χ0n) is 20.0. The number of carbonyl (C=O) groups is 2. The molecular weight excluding hydrogens is 432 g/mol. The fraction of sp³-hybridized carbons (Fsp3) is 0.423. The van der Waals surface area contributed by atoms with Gasteiger partial charge in [0.1, 0.15) is 10.7 Å². The van der Waals surface area contributed by atoms with Crippen LogP contribution < -0.4 is 10.6 Å². The van der Waals surface area contributed by atoms with Crippen molar-refractivity contribution in [1.29, 1.82) is 0 Å². The summed E-state index contributed by atoms with van der Waals surface area (Å²) >= 11 is 1.54. The van der Waals surface area contributed by atoms with E-state index in [-0.39, 0.29) is 17.2 Å². The summed E-state index contributed by atoms with van der Waals surface area (Å²) < 4.78 is 1.54. The molecule has 3 aromatic rings. The Morgan fingerprint density at radius 2 is 1.85 bits per heavy atom. The van der Waals surface area contributed by atoms with E-state index in [0.717, 1.165) is 36.9 Å². The molecular formula is C26H32N4O2S. The summed E-state index contributed by atoms with van der Waals surface area (Å²) in [6, 6.07) is 9.58. The molecule has 0 bridgehead atoms. The molecule has 1 atom stereocenters. The highest BCUT2D eigenvalue weighted by atomic mass is 32.1. The molecule has 0 spiro atoms. The van der Waals surface area contributed by atoms with E-state index in [0.29, 0.717) is 22.2 Å². The van der Waals surface area contributed by atoms with Crippen molar-refractivity contribution < 1.29 is 9.59 Å². The second-order valence-corrected chi connectivity index (χ2v) is 10.9. The number of benzene rings is 1. The second kappa shape index (κ2) is 9.14. The number of anilines is 2. The van der Waals surface area contributed by atoms with Crippen LogP contribution in [0, 0.1) is 11.3 Å². The van der Waals surface area contributed by atoms with Crippen molar-refractivity contribution in [3.63, 3.8) is 0 Å². The minimum absolute atomic E-state index is 0.175. The third-order valence-electron chi connectivity index (χ3n) is 6.62. The van der Waals surface area contributed by atoms with E-state index in [1.165, 1.54) is 26.5 Å². The van der Waals surface area contributed by atoms with Crippen LogP contribution in [-0.4, -0.2) is 21.6 Å². The molecule has 0 saturated heterocycles. The monoisotopic (exact) mass is 464 g/mol. The van der Waals surface area contributed by atoms with Crippen LogP contribution in [0.15, 0.2) is 36.5 Å². The molecule has 174 valence electrons. The van der Waals surface area contributed by atoms with Crippen LogP contribution in [0.1, 0.15) is 71.0 Å². The van der Waals surface area contributed by atoms with Gasteiger partial charge in [-0.3, -0.25) is 14.3 Å². The maximum atomic E-state index is 13.5. The number of aromatic nitrogens is 2. The van der Waals surface area contributed by atoms with E-state index in [1.807, 2.05) is 24.3 Å². The first-order valence-electron chi connectivity index (χ1n) is 11.5. The Morgan fingerprint density at radius 1 is 1.12 bits per heavy atom. The van der Waals surface area contributed by atoms with Gasteiger partial charge in [-0.15, -0.1) is 11.3 Å². The Balaban J connectivity index is 1.67. The lowest BCUT2D eigenvalue weighted by molar-refractivity contribution is 0.101. The Kier molecular flexibility index (Phi) is 6.43. The maximum Gasteiger partial charge on any atom is 0.274 e. The summed E-state index contributed by atoms with van der Waals surface area (Å²) in [5.41, 5.74) is 4.29. The van der Waals surface area contributed by atoms with Gasteiger partial charge in [-0.05, 0) is 66.3 Å².